The van der Waals surface area contributed by atoms with Gasteiger partial charge in [0.15, 0.2) is 0 Å². The van der Waals surface area contributed by atoms with Crippen molar-refractivity contribution in [2.75, 3.05) is 0 Å². The van der Waals surface area contributed by atoms with Crippen LogP contribution in [0.5, 0.6) is 0 Å². The first-order valence-electron chi connectivity index (χ1n) is 5.37. The molecule has 0 radical (unpaired) electrons. The van der Waals surface area contributed by atoms with E-state index in [0.29, 0.717) is 0 Å². The van der Waals surface area contributed by atoms with Gasteiger partial charge in [-0.3, -0.25) is 9.79 Å². The third-order valence-electron chi connectivity index (χ3n) is 2.63. The number of Topliss-reactive ketones (excluding diaryl/α,β-unsaturated/α-hetero) is 1. The van der Waals surface area contributed by atoms with Crippen LogP contribution in [0.1, 0.15) is 15.9 Å². The van der Waals surface area contributed by atoms with Gasteiger partial charge in [0.25, 0.3) is 0 Å². The van der Waals surface area contributed by atoms with Gasteiger partial charge in [-0.15, -0.1) is 6.58 Å². The van der Waals surface area contributed by atoms with Crippen molar-refractivity contribution < 1.29 is 18.0 Å². The van der Waals surface area contributed by atoms with Crippen molar-refractivity contribution >= 4 is 17.8 Å². The average molecular weight is 266 g/mol. The highest BCUT2D eigenvalue weighted by Crippen LogP contribution is 2.29. The maximum absolute atomic E-state index is 12.4. The van der Waals surface area contributed by atoms with Gasteiger partial charge in [-0.1, -0.05) is 18.2 Å². The van der Waals surface area contributed by atoms with Crippen molar-refractivity contribution in [2.45, 2.75) is 12.2 Å². The van der Waals surface area contributed by atoms with Gasteiger partial charge in [0.05, 0.1) is 5.56 Å². The van der Waals surface area contributed by atoms with Crippen LogP contribution in [-0.4, -0.2) is 23.9 Å². The number of alkyl halides is 3. The van der Waals surface area contributed by atoms with E-state index in [1.807, 2.05) is 0 Å². The summed E-state index contributed by atoms with van der Waals surface area (Å²) in [7, 11) is 0. The first-order chi connectivity index (χ1) is 8.93. The number of halogens is 3. The third kappa shape index (κ3) is 2.62. The first kappa shape index (κ1) is 13.2. The normalized spacial score (nSPS) is 18.3. The van der Waals surface area contributed by atoms with Gasteiger partial charge in [-0.05, 0) is 12.1 Å². The largest absolute Gasteiger partial charge is 0.416 e. The number of carbonyl (C=O) groups is 1. The lowest BCUT2D eigenvalue weighted by Gasteiger charge is -2.08. The molecule has 19 heavy (non-hydrogen) atoms. The predicted molar refractivity (Wildman–Crippen MR) is 65.7 cm³/mol. The molecule has 98 valence electrons. The Kier molecular flexibility index (Phi) is 3.33. The number of hydrogen-bond acceptors (Lipinski definition) is 3. The lowest BCUT2D eigenvalue weighted by molar-refractivity contribution is -0.137. The Labute approximate surface area is 107 Å². The van der Waals surface area contributed by atoms with E-state index in [0.717, 1.165) is 24.3 Å². The van der Waals surface area contributed by atoms with Crippen LogP contribution in [-0.2, 0) is 6.18 Å². The zero-order chi connectivity index (χ0) is 14.0. The second kappa shape index (κ2) is 4.79. The van der Waals surface area contributed by atoms with Gasteiger partial charge in [-0.2, -0.15) is 13.2 Å². The molecule has 3 nitrogen and oxygen atoms in total. The van der Waals surface area contributed by atoms with E-state index in [1.165, 1.54) is 12.4 Å². The van der Waals surface area contributed by atoms with Gasteiger partial charge < -0.3 is 0 Å². The molecule has 1 aromatic rings. The molecule has 1 atom stereocenters. The molecule has 0 N–H and O–H groups in total. The maximum Gasteiger partial charge on any atom is 0.416 e. The van der Waals surface area contributed by atoms with Crippen LogP contribution in [0, 0.1) is 0 Å². The highest BCUT2D eigenvalue weighted by Gasteiger charge is 2.31. The fraction of sp³-hybridized carbons (Fsp3) is 0.154. The van der Waals surface area contributed by atoms with Gasteiger partial charge >= 0.3 is 6.18 Å². The highest BCUT2D eigenvalue weighted by molar-refractivity contribution is 6.49. The van der Waals surface area contributed by atoms with Crippen LogP contribution in [0.2, 0.25) is 0 Å². The zero-order valence-corrected chi connectivity index (χ0v) is 9.69. The Balaban J connectivity index is 2.24. The first-order valence-corrected chi connectivity index (χ1v) is 5.37. The molecule has 1 aliphatic heterocycles. The second-order valence-corrected chi connectivity index (χ2v) is 3.86. The smallest absolute Gasteiger partial charge is 0.287 e. The Morgan fingerprint density at radius 3 is 2.42 bits per heavy atom. The topological polar surface area (TPSA) is 41.8 Å². The number of benzene rings is 1. The Bertz CT molecular complexity index is 571. The maximum atomic E-state index is 12.4. The minimum Gasteiger partial charge on any atom is -0.287 e. The number of rotatable bonds is 3. The Morgan fingerprint density at radius 1 is 1.26 bits per heavy atom. The molecule has 0 bridgehead atoms. The summed E-state index contributed by atoms with van der Waals surface area (Å²) in [5.74, 6) is -0.448. The molecule has 0 fully saturated rings. The fourth-order valence-electron chi connectivity index (χ4n) is 1.64. The molecule has 1 aliphatic rings. The molecule has 0 amide bonds. The zero-order valence-electron chi connectivity index (χ0n) is 9.69. The highest BCUT2D eigenvalue weighted by atomic mass is 19.4. The summed E-state index contributed by atoms with van der Waals surface area (Å²) in [5.41, 5.74) is -0.493. The monoisotopic (exact) mass is 266 g/mol. The molecule has 0 aromatic heterocycles. The fourth-order valence-corrected chi connectivity index (χ4v) is 1.64. The quantitative estimate of drug-likeness (QED) is 0.612. The molecular weight excluding hydrogens is 257 g/mol. The van der Waals surface area contributed by atoms with E-state index in [4.69, 9.17) is 0 Å². The van der Waals surface area contributed by atoms with Crippen molar-refractivity contribution in [3.63, 3.8) is 0 Å². The lowest BCUT2D eigenvalue weighted by atomic mass is 10.0. The summed E-state index contributed by atoms with van der Waals surface area (Å²) in [6.45, 7) is 3.52. The van der Waals surface area contributed by atoms with Gasteiger partial charge in [0.2, 0.25) is 5.78 Å². The molecule has 0 saturated carbocycles. The summed E-state index contributed by atoms with van der Waals surface area (Å²) < 4.78 is 37.2. The number of nitrogens with zero attached hydrogens (tertiary/aromatic N) is 2. The van der Waals surface area contributed by atoms with Crippen molar-refractivity contribution in [2.24, 2.45) is 9.98 Å². The van der Waals surface area contributed by atoms with Crippen LogP contribution >= 0.6 is 0 Å². The minimum atomic E-state index is -4.42. The van der Waals surface area contributed by atoms with E-state index < -0.39 is 23.6 Å². The van der Waals surface area contributed by atoms with E-state index in [-0.39, 0.29) is 11.3 Å². The van der Waals surface area contributed by atoms with E-state index >= 15 is 0 Å². The third-order valence-corrected chi connectivity index (χ3v) is 2.63. The average Bonchev–Trinajstić information content (AvgIpc) is 2.85. The van der Waals surface area contributed by atoms with Crippen molar-refractivity contribution in [3.8, 4) is 0 Å². The van der Waals surface area contributed by atoms with Crippen LogP contribution in [0.4, 0.5) is 13.2 Å². The van der Waals surface area contributed by atoms with Crippen LogP contribution in [0.25, 0.3) is 0 Å². The van der Waals surface area contributed by atoms with Crippen LogP contribution < -0.4 is 0 Å². The summed E-state index contributed by atoms with van der Waals surface area (Å²) >= 11 is 0. The Hall–Kier alpha value is -2.24. The summed E-state index contributed by atoms with van der Waals surface area (Å²) in [5, 5.41) is 0. The number of aliphatic imine (C=N–C) groups is 2. The predicted octanol–water partition coefficient (Wildman–Crippen LogP) is 2.93. The molecular formula is C13H9F3N2O. The van der Waals surface area contributed by atoms with Gasteiger partial charge in [-0.25, -0.2) is 4.99 Å². The van der Waals surface area contributed by atoms with Crippen molar-refractivity contribution in [1.29, 1.82) is 0 Å². The van der Waals surface area contributed by atoms with Crippen molar-refractivity contribution in [3.05, 3.63) is 48.0 Å². The number of ketones is 1. The molecule has 1 heterocycles. The summed E-state index contributed by atoms with van der Waals surface area (Å²) in [6.07, 6.45) is -1.73. The SMILES string of the molecule is C=CC1N=CN=C1C(=O)c1ccc(C(F)(F)F)cc1. The van der Waals surface area contributed by atoms with Gasteiger partial charge in [0.1, 0.15) is 18.1 Å². The van der Waals surface area contributed by atoms with E-state index in [9.17, 15) is 18.0 Å². The molecule has 1 aromatic carbocycles. The minimum absolute atomic E-state index is 0.143. The number of carbonyl (C=O) groups excluding carboxylic acids is 1. The summed E-state index contributed by atoms with van der Waals surface area (Å²) in [4.78, 5) is 19.7. The summed E-state index contributed by atoms with van der Waals surface area (Å²) in [6, 6.07) is 3.46. The molecule has 6 heteroatoms. The molecule has 0 spiro atoms. The molecule has 0 aliphatic carbocycles. The van der Waals surface area contributed by atoms with Crippen LogP contribution in [0.3, 0.4) is 0 Å². The second-order valence-electron chi connectivity index (χ2n) is 3.86. The van der Waals surface area contributed by atoms with Crippen molar-refractivity contribution in [1.82, 2.24) is 0 Å². The molecule has 1 unspecified atom stereocenters. The van der Waals surface area contributed by atoms with E-state index in [2.05, 4.69) is 16.6 Å². The van der Waals surface area contributed by atoms with E-state index in [1.54, 1.807) is 0 Å². The van der Waals surface area contributed by atoms with Crippen LogP contribution in [0.15, 0.2) is 46.9 Å². The molecule has 2 rings (SSSR count). The lowest BCUT2D eigenvalue weighted by Crippen LogP contribution is -2.23. The molecule has 0 saturated heterocycles. The number of hydrogen-bond donors (Lipinski definition) is 0. The Morgan fingerprint density at radius 2 is 1.89 bits per heavy atom. The standard InChI is InChI=1S/C13H9F3N2O/c1-2-10-11(18-7-17-10)12(19)8-3-5-9(6-4-8)13(14,15)16/h2-7,10H,1H2. The van der Waals surface area contributed by atoms with Gasteiger partial charge in [0, 0.05) is 5.56 Å².